The molecule has 0 fully saturated rings. The molecule has 2 aromatic carbocycles. The first-order valence-electron chi connectivity index (χ1n) is 14.8. The molecule has 0 atom stereocenters. The molecular formula is C34H48NO6P. The van der Waals surface area contributed by atoms with Crippen LogP contribution in [0, 0.1) is 0 Å². The summed E-state index contributed by atoms with van der Waals surface area (Å²) in [5, 5.41) is 2.94. The van der Waals surface area contributed by atoms with Gasteiger partial charge in [0.25, 0.3) is 5.91 Å². The number of rotatable bonds is 19. The molecule has 0 heterocycles. The highest BCUT2D eigenvalue weighted by Crippen LogP contribution is 2.49. The molecular weight excluding hydrogens is 549 g/mol. The van der Waals surface area contributed by atoms with E-state index in [0.29, 0.717) is 30.0 Å². The van der Waals surface area contributed by atoms with Crippen LogP contribution in [0.1, 0.15) is 83.1 Å². The molecule has 42 heavy (non-hydrogen) atoms. The van der Waals surface area contributed by atoms with E-state index in [9.17, 15) is 9.36 Å². The average Bonchev–Trinajstić information content (AvgIpc) is 2.94. The molecule has 8 heteroatoms. The Morgan fingerprint density at radius 3 is 2.07 bits per heavy atom. The van der Waals surface area contributed by atoms with Gasteiger partial charge in [0.15, 0.2) is 0 Å². The van der Waals surface area contributed by atoms with E-state index in [2.05, 4.69) is 51.2 Å². The van der Waals surface area contributed by atoms with Gasteiger partial charge < -0.3 is 10.1 Å². The SMILES string of the molecule is CCOP(=O)(OCC)OCCc1ccc(NC(=O)c2ccccc2OC/C=C(\C)CC/C=C(\C)CCC=C(C)C)cc1. The number of para-hydroxylation sites is 1. The molecule has 2 aromatic rings. The fraction of sp³-hybridized carbons (Fsp3) is 0.441. The number of allylic oxidation sites excluding steroid dienone is 5. The maximum Gasteiger partial charge on any atom is 0.474 e. The van der Waals surface area contributed by atoms with Crippen LogP contribution in [0.4, 0.5) is 5.69 Å². The Bertz CT molecular complexity index is 1230. The first-order chi connectivity index (χ1) is 20.2. The Labute approximate surface area is 252 Å². The van der Waals surface area contributed by atoms with Gasteiger partial charge >= 0.3 is 7.82 Å². The van der Waals surface area contributed by atoms with Gasteiger partial charge in [-0.05, 0) is 110 Å². The monoisotopic (exact) mass is 597 g/mol. The summed E-state index contributed by atoms with van der Waals surface area (Å²) in [6.07, 6.45) is 11.4. The quantitative estimate of drug-likeness (QED) is 0.128. The first kappa shape index (κ1) is 35.2. The summed E-state index contributed by atoms with van der Waals surface area (Å²) in [6.45, 7) is 13.1. The van der Waals surface area contributed by atoms with Crippen LogP contribution in [-0.2, 0) is 24.6 Å². The topological polar surface area (TPSA) is 83.1 Å². The second-order valence-corrected chi connectivity index (χ2v) is 12.0. The number of hydrogen-bond donors (Lipinski definition) is 1. The highest BCUT2D eigenvalue weighted by molar-refractivity contribution is 7.48. The zero-order chi connectivity index (χ0) is 30.8. The lowest BCUT2D eigenvalue weighted by atomic mass is 10.1. The predicted octanol–water partition coefficient (Wildman–Crippen LogP) is 9.48. The lowest BCUT2D eigenvalue weighted by Gasteiger charge is -2.16. The second-order valence-electron chi connectivity index (χ2n) is 10.3. The summed E-state index contributed by atoms with van der Waals surface area (Å²) in [5.74, 6) is 0.293. The van der Waals surface area contributed by atoms with E-state index in [4.69, 9.17) is 18.3 Å². The first-order valence-corrected chi connectivity index (χ1v) is 16.2. The van der Waals surface area contributed by atoms with Gasteiger partial charge in [0, 0.05) is 5.69 Å². The molecule has 0 unspecified atom stereocenters. The van der Waals surface area contributed by atoms with Crippen molar-refractivity contribution >= 4 is 19.4 Å². The number of amides is 1. The Balaban J connectivity index is 1.86. The minimum atomic E-state index is -3.53. The van der Waals surface area contributed by atoms with Gasteiger partial charge in [-0.15, -0.1) is 0 Å². The average molecular weight is 598 g/mol. The van der Waals surface area contributed by atoms with Crippen molar-refractivity contribution in [1.29, 1.82) is 0 Å². The number of phosphoric acid groups is 1. The smallest absolute Gasteiger partial charge is 0.474 e. The van der Waals surface area contributed by atoms with E-state index in [1.165, 1.54) is 16.7 Å². The number of phosphoric ester groups is 1. The van der Waals surface area contributed by atoms with Crippen LogP contribution in [0.15, 0.2) is 83.5 Å². The summed E-state index contributed by atoms with van der Waals surface area (Å²) in [4.78, 5) is 13.0. The molecule has 0 radical (unpaired) electrons. The molecule has 1 amide bonds. The Morgan fingerprint density at radius 1 is 0.810 bits per heavy atom. The van der Waals surface area contributed by atoms with Gasteiger partial charge in [0.2, 0.25) is 0 Å². The lowest BCUT2D eigenvalue weighted by Crippen LogP contribution is -2.13. The number of anilines is 1. The molecule has 0 aromatic heterocycles. The third-order valence-corrected chi connectivity index (χ3v) is 8.00. The maximum absolute atomic E-state index is 13.0. The van der Waals surface area contributed by atoms with Gasteiger partial charge in [-0.3, -0.25) is 18.4 Å². The zero-order valence-electron chi connectivity index (χ0n) is 26.1. The van der Waals surface area contributed by atoms with Crippen LogP contribution in [0.25, 0.3) is 0 Å². The summed E-state index contributed by atoms with van der Waals surface area (Å²) >= 11 is 0. The van der Waals surface area contributed by atoms with E-state index < -0.39 is 7.82 Å². The summed E-state index contributed by atoms with van der Waals surface area (Å²) in [7, 11) is -3.53. The van der Waals surface area contributed by atoms with Crippen molar-refractivity contribution in [2.75, 3.05) is 31.7 Å². The largest absolute Gasteiger partial charge is 0.489 e. The molecule has 0 bridgehead atoms. The van der Waals surface area contributed by atoms with Gasteiger partial charge in [-0.1, -0.05) is 53.1 Å². The van der Waals surface area contributed by atoms with Gasteiger partial charge in [0.05, 0.1) is 25.4 Å². The van der Waals surface area contributed by atoms with E-state index in [0.717, 1.165) is 31.2 Å². The molecule has 0 saturated heterocycles. The molecule has 2 rings (SSSR count). The minimum Gasteiger partial charge on any atom is -0.489 e. The molecule has 0 aliphatic carbocycles. The number of nitrogens with one attached hydrogen (secondary N) is 1. The van der Waals surface area contributed by atoms with E-state index in [1.54, 1.807) is 19.9 Å². The van der Waals surface area contributed by atoms with Crippen LogP contribution in [0.3, 0.4) is 0 Å². The van der Waals surface area contributed by atoms with Crippen molar-refractivity contribution in [3.63, 3.8) is 0 Å². The Hall–Kier alpha value is -2.96. The Kier molecular flexibility index (Phi) is 16.2. The number of benzene rings is 2. The van der Waals surface area contributed by atoms with Crippen LogP contribution >= 0.6 is 7.82 Å². The number of ether oxygens (including phenoxy) is 1. The highest BCUT2D eigenvalue weighted by Gasteiger charge is 2.24. The molecule has 0 saturated carbocycles. The van der Waals surface area contributed by atoms with Crippen LogP contribution in [0.2, 0.25) is 0 Å². The van der Waals surface area contributed by atoms with Crippen molar-refractivity contribution in [2.45, 2.75) is 73.6 Å². The Morgan fingerprint density at radius 2 is 1.43 bits per heavy atom. The predicted molar refractivity (Wildman–Crippen MR) is 172 cm³/mol. The van der Waals surface area contributed by atoms with Gasteiger partial charge in [0.1, 0.15) is 12.4 Å². The molecule has 0 aliphatic rings. The summed E-state index contributed by atoms with van der Waals surface area (Å²) in [5.41, 5.74) is 6.14. The number of carbonyl (C=O) groups excluding carboxylic acids is 1. The molecule has 0 spiro atoms. The van der Waals surface area contributed by atoms with Gasteiger partial charge in [-0.25, -0.2) is 4.57 Å². The van der Waals surface area contributed by atoms with Crippen LogP contribution < -0.4 is 10.1 Å². The molecule has 230 valence electrons. The van der Waals surface area contributed by atoms with Crippen molar-refractivity contribution < 1.29 is 27.7 Å². The van der Waals surface area contributed by atoms with Crippen LogP contribution in [0.5, 0.6) is 5.75 Å². The molecule has 7 nitrogen and oxygen atoms in total. The fourth-order valence-electron chi connectivity index (χ4n) is 4.05. The van der Waals surface area contributed by atoms with Gasteiger partial charge in [-0.2, -0.15) is 0 Å². The van der Waals surface area contributed by atoms with Crippen molar-refractivity contribution in [2.24, 2.45) is 0 Å². The van der Waals surface area contributed by atoms with Crippen molar-refractivity contribution in [3.05, 3.63) is 94.6 Å². The maximum atomic E-state index is 13.0. The van der Waals surface area contributed by atoms with E-state index in [1.807, 2.05) is 42.5 Å². The normalized spacial score (nSPS) is 12.2. The highest BCUT2D eigenvalue weighted by atomic mass is 31.2. The zero-order valence-corrected chi connectivity index (χ0v) is 27.0. The summed E-state index contributed by atoms with van der Waals surface area (Å²) in [6, 6.07) is 14.7. The van der Waals surface area contributed by atoms with Crippen molar-refractivity contribution in [3.8, 4) is 5.75 Å². The van der Waals surface area contributed by atoms with Crippen molar-refractivity contribution in [1.82, 2.24) is 0 Å². The lowest BCUT2D eigenvalue weighted by molar-refractivity contribution is 0.102. The van der Waals surface area contributed by atoms with E-state index in [-0.39, 0.29) is 25.7 Å². The van der Waals surface area contributed by atoms with E-state index >= 15 is 0 Å². The number of carbonyl (C=O) groups is 1. The summed E-state index contributed by atoms with van der Waals surface area (Å²) < 4.78 is 34.1. The number of hydrogen-bond acceptors (Lipinski definition) is 6. The molecule has 0 aliphatic heterocycles. The fourth-order valence-corrected chi connectivity index (χ4v) is 5.22. The minimum absolute atomic E-state index is 0.189. The third kappa shape index (κ3) is 13.8. The van der Waals surface area contributed by atoms with Crippen LogP contribution in [-0.4, -0.2) is 32.3 Å². The standard InChI is InChI=1S/C34H48NO6P/c1-7-39-42(37,40-8-2)41-26-24-30-19-21-31(22-20-30)35-34(36)32-17-9-10-18-33(32)38-25-23-29(6)16-12-15-28(5)14-11-13-27(3)4/h9-10,13,15,17-23H,7-8,11-12,14,16,24-26H2,1-6H3,(H,35,36)/b28-15+,29-23+. The third-order valence-electron chi connectivity index (χ3n) is 6.35. The molecule has 1 N–H and O–H groups in total. The second kappa shape index (κ2) is 19.3.